The zero-order valence-corrected chi connectivity index (χ0v) is 19.3. The molecule has 0 radical (unpaired) electrons. The molecule has 0 N–H and O–H groups in total. The van der Waals surface area contributed by atoms with E-state index in [0.717, 1.165) is 44.0 Å². The third-order valence-electron chi connectivity index (χ3n) is 7.34. The molecule has 0 saturated carbocycles. The Hall–Kier alpha value is -4.41. The van der Waals surface area contributed by atoms with Crippen molar-refractivity contribution >= 4 is 91.8 Å². The summed E-state index contributed by atoms with van der Waals surface area (Å²) in [5.41, 5.74) is 6.10. The summed E-state index contributed by atoms with van der Waals surface area (Å²) in [4.78, 5) is 5.10. The van der Waals surface area contributed by atoms with Crippen molar-refractivity contribution < 1.29 is 4.42 Å². The average Bonchev–Trinajstić information content (AvgIpc) is 3.57. The van der Waals surface area contributed by atoms with Gasteiger partial charge in [0.2, 0.25) is 0 Å². The third-order valence-corrected chi connectivity index (χ3v) is 8.48. The SMILES string of the molecule is c1ccc2c(c1)nc1c3cc4oc5ccccc5c4cc3c3cc4c(cc3n21)sc1ccccc14. The van der Waals surface area contributed by atoms with Crippen molar-refractivity contribution in [3.05, 3.63) is 97.1 Å². The van der Waals surface area contributed by atoms with Gasteiger partial charge in [0.15, 0.2) is 0 Å². The topological polar surface area (TPSA) is 30.4 Å². The summed E-state index contributed by atoms with van der Waals surface area (Å²) in [6.07, 6.45) is 0. The summed E-state index contributed by atoms with van der Waals surface area (Å²) in [7, 11) is 0. The van der Waals surface area contributed by atoms with Gasteiger partial charge in [-0.25, -0.2) is 4.98 Å². The van der Waals surface area contributed by atoms with E-state index in [2.05, 4.69) is 89.3 Å². The minimum atomic E-state index is 0.897. The monoisotopic (exact) mass is 464 g/mol. The lowest BCUT2D eigenvalue weighted by atomic mass is 10.0. The van der Waals surface area contributed by atoms with Crippen LogP contribution in [0.3, 0.4) is 0 Å². The highest BCUT2D eigenvalue weighted by Gasteiger charge is 2.18. The lowest BCUT2D eigenvalue weighted by Crippen LogP contribution is -1.91. The molecule has 9 aromatic rings. The summed E-state index contributed by atoms with van der Waals surface area (Å²) < 4.78 is 11.2. The molecule has 4 aromatic heterocycles. The molecule has 0 fully saturated rings. The Kier molecular flexibility index (Phi) is 3.17. The minimum absolute atomic E-state index is 0.897. The predicted molar refractivity (Wildman–Crippen MR) is 148 cm³/mol. The van der Waals surface area contributed by atoms with E-state index in [4.69, 9.17) is 9.40 Å². The van der Waals surface area contributed by atoms with Crippen molar-refractivity contribution in [2.75, 3.05) is 0 Å². The Bertz CT molecular complexity index is 2330. The Morgan fingerprint density at radius 3 is 2.31 bits per heavy atom. The van der Waals surface area contributed by atoms with E-state index >= 15 is 0 Å². The third kappa shape index (κ3) is 2.23. The van der Waals surface area contributed by atoms with Crippen LogP contribution in [0.1, 0.15) is 0 Å². The minimum Gasteiger partial charge on any atom is -0.456 e. The summed E-state index contributed by atoms with van der Waals surface area (Å²) in [5.74, 6) is 0. The Morgan fingerprint density at radius 2 is 1.34 bits per heavy atom. The summed E-state index contributed by atoms with van der Waals surface area (Å²) in [5, 5.41) is 8.46. The van der Waals surface area contributed by atoms with E-state index in [1.54, 1.807) is 0 Å². The van der Waals surface area contributed by atoms with E-state index < -0.39 is 0 Å². The van der Waals surface area contributed by atoms with Gasteiger partial charge in [0.05, 0.1) is 16.6 Å². The zero-order valence-electron chi connectivity index (χ0n) is 18.4. The molecule has 0 unspecified atom stereocenters. The number of hydrogen-bond acceptors (Lipinski definition) is 3. The van der Waals surface area contributed by atoms with Crippen molar-refractivity contribution in [1.82, 2.24) is 9.38 Å². The smallest absolute Gasteiger partial charge is 0.146 e. The molecule has 9 rings (SSSR count). The molecule has 0 bridgehead atoms. The van der Waals surface area contributed by atoms with Gasteiger partial charge < -0.3 is 4.42 Å². The van der Waals surface area contributed by atoms with Crippen LogP contribution in [0.15, 0.2) is 101 Å². The number of furan rings is 1. The van der Waals surface area contributed by atoms with Crippen molar-refractivity contribution in [2.45, 2.75) is 0 Å². The van der Waals surface area contributed by atoms with Gasteiger partial charge in [0.25, 0.3) is 0 Å². The molecule has 0 spiro atoms. The fraction of sp³-hybridized carbons (Fsp3) is 0. The Labute approximate surface area is 202 Å². The first-order chi connectivity index (χ1) is 17.3. The molecule has 5 aromatic carbocycles. The van der Waals surface area contributed by atoms with E-state index in [0.29, 0.717) is 0 Å². The molecule has 3 nitrogen and oxygen atoms in total. The second-order valence-corrected chi connectivity index (χ2v) is 10.3. The number of imidazole rings is 1. The van der Waals surface area contributed by atoms with Crippen LogP contribution < -0.4 is 0 Å². The first-order valence-corrected chi connectivity index (χ1v) is 12.5. The van der Waals surface area contributed by atoms with Crippen LogP contribution in [0, 0.1) is 0 Å². The quantitative estimate of drug-likeness (QED) is 0.210. The maximum absolute atomic E-state index is 6.28. The van der Waals surface area contributed by atoms with Crippen LogP contribution in [0.2, 0.25) is 0 Å². The first-order valence-electron chi connectivity index (χ1n) is 11.7. The molecule has 0 amide bonds. The van der Waals surface area contributed by atoms with Gasteiger partial charge in [-0.15, -0.1) is 11.3 Å². The van der Waals surface area contributed by atoms with Gasteiger partial charge in [0, 0.05) is 41.7 Å². The van der Waals surface area contributed by atoms with Crippen LogP contribution in [0.4, 0.5) is 0 Å². The normalized spacial score (nSPS) is 12.6. The average molecular weight is 465 g/mol. The van der Waals surface area contributed by atoms with Crippen LogP contribution in [-0.2, 0) is 0 Å². The fourth-order valence-electron chi connectivity index (χ4n) is 5.79. The molecule has 0 atom stereocenters. The van der Waals surface area contributed by atoms with Crippen molar-refractivity contribution in [3.8, 4) is 0 Å². The highest BCUT2D eigenvalue weighted by molar-refractivity contribution is 7.25. The molecule has 4 heteroatoms. The maximum atomic E-state index is 6.28. The number of pyridine rings is 1. The summed E-state index contributed by atoms with van der Waals surface area (Å²) >= 11 is 1.86. The number of para-hydroxylation sites is 3. The Balaban J connectivity index is 1.61. The first kappa shape index (κ1) is 18.0. The van der Waals surface area contributed by atoms with E-state index in [1.807, 2.05) is 23.5 Å². The number of rotatable bonds is 0. The Morgan fingerprint density at radius 1 is 0.543 bits per heavy atom. The van der Waals surface area contributed by atoms with Crippen molar-refractivity contribution in [1.29, 1.82) is 0 Å². The van der Waals surface area contributed by atoms with Crippen LogP contribution in [0.25, 0.3) is 80.5 Å². The second kappa shape index (κ2) is 6.17. The highest BCUT2D eigenvalue weighted by Crippen LogP contribution is 2.42. The van der Waals surface area contributed by atoms with Crippen molar-refractivity contribution in [3.63, 3.8) is 0 Å². The number of nitrogens with zero attached hydrogens (tertiary/aromatic N) is 2. The standard InChI is InChI=1S/C31H16N2OS/c1-5-11-27-17(7-1)21-13-19-20-14-22-18-8-2-6-12-29(18)35-30(22)16-26(20)33-25-10-4-3-9-24(25)32-31(33)23(19)15-28(21)34-27/h1-16H. The molecular formula is C31H16N2OS. The molecule has 162 valence electrons. The number of hydrogen-bond donors (Lipinski definition) is 0. The van der Waals surface area contributed by atoms with Gasteiger partial charge in [-0.2, -0.15) is 0 Å². The molecule has 0 aliphatic heterocycles. The molecule has 35 heavy (non-hydrogen) atoms. The van der Waals surface area contributed by atoms with Gasteiger partial charge in [-0.3, -0.25) is 4.40 Å². The van der Waals surface area contributed by atoms with Gasteiger partial charge in [0.1, 0.15) is 16.8 Å². The van der Waals surface area contributed by atoms with E-state index in [1.165, 1.54) is 36.5 Å². The van der Waals surface area contributed by atoms with Gasteiger partial charge in [-0.1, -0.05) is 48.5 Å². The number of thiophene rings is 1. The van der Waals surface area contributed by atoms with Crippen LogP contribution in [-0.4, -0.2) is 9.38 Å². The largest absolute Gasteiger partial charge is 0.456 e. The van der Waals surface area contributed by atoms with E-state index in [9.17, 15) is 0 Å². The summed E-state index contributed by atoms with van der Waals surface area (Å²) in [6.45, 7) is 0. The number of fused-ring (bicyclic) bond motifs is 14. The number of aromatic nitrogens is 2. The van der Waals surface area contributed by atoms with Crippen LogP contribution in [0.5, 0.6) is 0 Å². The van der Waals surface area contributed by atoms with E-state index in [-0.39, 0.29) is 0 Å². The highest BCUT2D eigenvalue weighted by atomic mass is 32.1. The van der Waals surface area contributed by atoms with Crippen LogP contribution >= 0.6 is 11.3 Å². The maximum Gasteiger partial charge on any atom is 0.146 e. The lowest BCUT2D eigenvalue weighted by Gasteiger charge is -2.10. The predicted octanol–water partition coefficient (Wildman–Crippen LogP) is 9.06. The zero-order chi connectivity index (χ0) is 22.7. The molecule has 0 aliphatic carbocycles. The lowest BCUT2D eigenvalue weighted by molar-refractivity contribution is 0.669. The van der Waals surface area contributed by atoms with Gasteiger partial charge in [-0.05, 0) is 53.9 Å². The van der Waals surface area contributed by atoms with Crippen molar-refractivity contribution in [2.24, 2.45) is 0 Å². The van der Waals surface area contributed by atoms with Gasteiger partial charge >= 0.3 is 0 Å². The summed E-state index contributed by atoms with van der Waals surface area (Å²) in [6, 6.07) is 34.6. The molecular weight excluding hydrogens is 448 g/mol. The molecule has 0 saturated heterocycles. The number of benzene rings is 5. The second-order valence-electron chi connectivity index (χ2n) is 9.22. The molecule has 0 aliphatic rings. The molecule has 4 heterocycles. The fourth-order valence-corrected chi connectivity index (χ4v) is 6.91.